The van der Waals surface area contributed by atoms with Crippen LogP contribution >= 0.6 is 0 Å². The molecule has 0 spiro atoms. The molecule has 5 amide bonds. The minimum Gasteiger partial charge on any atom is -0.353 e. The van der Waals surface area contributed by atoms with E-state index in [1.54, 1.807) is 6.41 Å². The molecular weight excluding hydrogens is 300 g/mol. The molecule has 0 aliphatic heterocycles. The minimum atomic E-state index is -0.572. The van der Waals surface area contributed by atoms with Crippen molar-refractivity contribution in [3.05, 3.63) is 25.3 Å². The Morgan fingerprint density at radius 3 is 2.22 bits per heavy atom. The van der Waals surface area contributed by atoms with Gasteiger partial charge in [0.05, 0.1) is 0 Å². The number of urea groups is 1. The molecule has 0 aliphatic carbocycles. The van der Waals surface area contributed by atoms with Crippen molar-refractivity contribution in [2.24, 2.45) is 5.92 Å². The van der Waals surface area contributed by atoms with Gasteiger partial charge in [0.25, 0.3) is 0 Å². The normalized spacial score (nSPS) is 10.8. The van der Waals surface area contributed by atoms with Crippen LogP contribution in [0.3, 0.4) is 0 Å². The molecule has 0 aromatic carbocycles. The molecule has 1 radical (unpaired) electrons. The van der Waals surface area contributed by atoms with Crippen LogP contribution in [0.25, 0.3) is 0 Å². The lowest BCUT2D eigenvalue weighted by Gasteiger charge is -2.18. The predicted octanol–water partition coefficient (Wildman–Crippen LogP) is -0.304. The van der Waals surface area contributed by atoms with Gasteiger partial charge in [-0.25, -0.2) is 4.79 Å². The van der Waals surface area contributed by atoms with Crippen molar-refractivity contribution in [1.29, 1.82) is 0 Å². The molecule has 0 aliphatic rings. The smallest absolute Gasteiger partial charge is 0.324 e. The Balaban J connectivity index is 4.02. The van der Waals surface area contributed by atoms with Gasteiger partial charge in [-0.2, -0.15) is 0 Å². The van der Waals surface area contributed by atoms with Gasteiger partial charge in [-0.15, -0.1) is 0 Å². The molecule has 8 heteroatoms. The van der Waals surface area contributed by atoms with E-state index in [1.165, 1.54) is 6.08 Å². The number of amides is 5. The molecule has 0 aromatic heterocycles. The van der Waals surface area contributed by atoms with E-state index in [0.717, 1.165) is 11.0 Å². The Hall–Kier alpha value is -2.64. The highest BCUT2D eigenvalue weighted by Crippen LogP contribution is 1.93. The monoisotopic (exact) mass is 323 g/mol. The minimum absolute atomic E-state index is 0.0109. The first kappa shape index (κ1) is 20.4. The maximum absolute atomic E-state index is 11.8. The zero-order chi connectivity index (χ0) is 17.7. The van der Waals surface area contributed by atoms with Gasteiger partial charge in [0.2, 0.25) is 11.8 Å². The van der Waals surface area contributed by atoms with Gasteiger partial charge >= 0.3 is 12.4 Å². The average Bonchev–Trinajstić information content (AvgIpc) is 2.57. The van der Waals surface area contributed by atoms with Crippen molar-refractivity contribution in [2.75, 3.05) is 26.2 Å². The molecule has 1 atom stereocenters. The molecule has 8 nitrogen and oxygen atoms in total. The van der Waals surface area contributed by atoms with Crippen molar-refractivity contribution in [2.45, 2.75) is 13.3 Å². The Kier molecular flexibility index (Phi) is 10.6. The second kappa shape index (κ2) is 12.0. The first-order valence-electron chi connectivity index (χ1n) is 7.18. The Bertz CT molecular complexity index is 451. The summed E-state index contributed by atoms with van der Waals surface area (Å²) in [4.78, 5) is 45.4. The van der Waals surface area contributed by atoms with Crippen LogP contribution < -0.4 is 16.0 Å². The zero-order valence-corrected chi connectivity index (χ0v) is 13.3. The fraction of sp³-hybridized carbons (Fsp3) is 0.467. The zero-order valence-electron chi connectivity index (χ0n) is 13.3. The highest BCUT2D eigenvalue weighted by Gasteiger charge is 2.14. The summed E-state index contributed by atoms with van der Waals surface area (Å²) < 4.78 is 0. The molecule has 3 N–H and O–H groups in total. The molecule has 0 bridgehead atoms. The van der Waals surface area contributed by atoms with E-state index in [-0.39, 0.29) is 24.3 Å². The molecular formula is C15H23N4O4. The Morgan fingerprint density at radius 1 is 1.09 bits per heavy atom. The van der Waals surface area contributed by atoms with Crippen LogP contribution in [0.5, 0.6) is 0 Å². The van der Waals surface area contributed by atoms with Crippen LogP contribution in [0.2, 0.25) is 0 Å². The Labute approximate surface area is 136 Å². The van der Waals surface area contributed by atoms with Crippen molar-refractivity contribution in [3.8, 4) is 0 Å². The topological polar surface area (TPSA) is 108 Å². The quantitative estimate of drug-likeness (QED) is 0.275. The predicted molar refractivity (Wildman–Crippen MR) is 86.0 cm³/mol. The first-order chi connectivity index (χ1) is 10.9. The third-order valence-corrected chi connectivity index (χ3v) is 2.81. The first-order valence-corrected chi connectivity index (χ1v) is 7.18. The summed E-state index contributed by atoms with van der Waals surface area (Å²) in [7, 11) is 0. The second-order valence-corrected chi connectivity index (χ2v) is 4.83. The number of carbonyl (C=O) groups excluding carboxylic acids is 4. The fourth-order valence-corrected chi connectivity index (χ4v) is 1.49. The summed E-state index contributed by atoms with van der Waals surface area (Å²) >= 11 is 0. The van der Waals surface area contributed by atoms with Crippen molar-refractivity contribution in [3.63, 3.8) is 0 Å². The third kappa shape index (κ3) is 9.83. The highest BCUT2D eigenvalue weighted by atomic mass is 16.2. The molecule has 23 heavy (non-hydrogen) atoms. The number of hydrogen-bond donors (Lipinski definition) is 3. The van der Waals surface area contributed by atoms with Gasteiger partial charge in [-0.1, -0.05) is 20.1 Å². The number of rotatable bonds is 11. The van der Waals surface area contributed by atoms with Crippen LogP contribution in [0.1, 0.15) is 13.3 Å². The van der Waals surface area contributed by atoms with Crippen LogP contribution in [-0.2, 0) is 14.4 Å². The molecule has 127 valence electrons. The molecule has 0 saturated heterocycles. The van der Waals surface area contributed by atoms with E-state index in [9.17, 15) is 19.2 Å². The largest absolute Gasteiger partial charge is 0.353 e. The SMILES string of the molecule is C=CC(=O)NCCCN([C]=O)C(=O)NCC(C)CNC(=O)C=C. The summed E-state index contributed by atoms with van der Waals surface area (Å²) in [5.41, 5.74) is 0. The van der Waals surface area contributed by atoms with E-state index < -0.39 is 6.03 Å². The third-order valence-electron chi connectivity index (χ3n) is 2.81. The summed E-state index contributed by atoms with van der Waals surface area (Å²) in [6, 6.07) is -0.572. The standard InChI is InChI=1S/C15H23N4O4/c1-4-13(21)16-7-6-8-19(11-20)15(23)18-10-12(3)9-17-14(22)5-2/h4-5,12H,1-2,6-10H2,3H3,(H,16,21)(H,17,22)(H,18,23). The van der Waals surface area contributed by atoms with Gasteiger partial charge in [0.15, 0.2) is 0 Å². The number of nitrogens with one attached hydrogen (secondary N) is 3. The van der Waals surface area contributed by atoms with Crippen molar-refractivity contribution >= 4 is 24.3 Å². The van der Waals surface area contributed by atoms with Crippen LogP contribution in [0.4, 0.5) is 4.79 Å². The lowest BCUT2D eigenvalue weighted by atomic mass is 10.2. The summed E-state index contributed by atoms with van der Waals surface area (Å²) in [5, 5.41) is 7.73. The maximum Gasteiger partial charge on any atom is 0.324 e. The highest BCUT2D eigenvalue weighted by molar-refractivity contribution is 5.87. The van der Waals surface area contributed by atoms with Crippen molar-refractivity contribution < 1.29 is 19.2 Å². The molecule has 0 fully saturated rings. The lowest BCUT2D eigenvalue weighted by Crippen LogP contribution is -2.43. The van der Waals surface area contributed by atoms with Gasteiger partial charge in [0.1, 0.15) is 0 Å². The van der Waals surface area contributed by atoms with Crippen LogP contribution in [-0.4, -0.2) is 55.3 Å². The van der Waals surface area contributed by atoms with Crippen molar-refractivity contribution in [1.82, 2.24) is 20.9 Å². The van der Waals surface area contributed by atoms with E-state index in [2.05, 4.69) is 29.1 Å². The van der Waals surface area contributed by atoms with E-state index >= 15 is 0 Å². The number of carbonyl (C=O) groups is 3. The summed E-state index contributed by atoms with van der Waals surface area (Å²) in [5.74, 6) is -0.609. The van der Waals surface area contributed by atoms with Gasteiger partial charge in [0, 0.05) is 26.2 Å². The summed E-state index contributed by atoms with van der Waals surface area (Å²) in [6.45, 7) is 9.61. The average molecular weight is 323 g/mol. The molecule has 0 aromatic rings. The molecule has 0 saturated carbocycles. The van der Waals surface area contributed by atoms with Gasteiger partial charge in [-0.3, -0.25) is 19.3 Å². The van der Waals surface area contributed by atoms with E-state index in [4.69, 9.17) is 0 Å². The number of nitrogens with zero attached hydrogens (tertiary/aromatic N) is 1. The van der Waals surface area contributed by atoms with E-state index in [0.29, 0.717) is 26.1 Å². The van der Waals surface area contributed by atoms with Gasteiger partial charge in [-0.05, 0) is 24.5 Å². The summed E-state index contributed by atoms with van der Waals surface area (Å²) in [6.07, 6.45) is 4.26. The molecule has 0 rings (SSSR count). The van der Waals surface area contributed by atoms with Crippen LogP contribution in [0, 0.1) is 5.92 Å². The fourth-order valence-electron chi connectivity index (χ4n) is 1.49. The maximum atomic E-state index is 11.8. The molecule has 0 heterocycles. The lowest BCUT2D eigenvalue weighted by molar-refractivity contribution is -0.117. The molecule has 1 unspecified atom stereocenters. The van der Waals surface area contributed by atoms with Gasteiger partial charge < -0.3 is 16.0 Å². The second-order valence-electron chi connectivity index (χ2n) is 4.83. The number of hydrogen-bond acceptors (Lipinski definition) is 4. The van der Waals surface area contributed by atoms with E-state index in [1.807, 2.05) is 6.92 Å². The van der Waals surface area contributed by atoms with Crippen LogP contribution in [0.15, 0.2) is 25.3 Å². The number of imide groups is 1. The Morgan fingerprint density at radius 2 is 1.65 bits per heavy atom.